The fourth-order valence-corrected chi connectivity index (χ4v) is 3.35. The summed E-state index contributed by atoms with van der Waals surface area (Å²) in [4.78, 5) is 16.7. The van der Waals surface area contributed by atoms with E-state index in [1.54, 1.807) is 0 Å². The molecule has 0 aromatic carbocycles. The Kier molecular flexibility index (Phi) is 3.85. The number of carbonyl (C=O) groups excluding carboxylic acids is 1. The van der Waals surface area contributed by atoms with Gasteiger partial charge in [-0.3, -0.25) is 4.79 Å². The maximum absolute atomic E-state index is 12.7. The minimum atomic E-state index is -4.57. The lowest BCUT2D eigenvalue weighted by Crippen LogP contribution is -2.42. The zero-order valence-corrected chi connectivity index (χ0v) is 11.5. The molecule has 0 N–H and O–H groups in total. The molecule has 0 spiro atoms. The molecular formula is C12H15F3N2OS. The summed E-state index contributed by atoms with van der Waals surface area (Å²) in [5.41, 5.74) is 0.0146. The number of hydrogen-bond acceptors (Lipinski definition) is 3. The van der Waals surface area contributed by atoms with Gasteiger partial charge in [-0.1, -0.05) is 13.8 Å². The molecule has 1 aromatic rings. The first kappa shape index (κ1) is 14.3. The summed E-state index contributed by atoms with van der Waals surface area (Å²) in [6.07, 6.45) is -3.57. The maximum atomic E-state index is 12.7. The first-order valence-electron chi connectivity index (χ1n) is 6.09. The van der Waals surface area contributed by atoms with E-state index in [0.29, 0.717) is 24.9 Å². The summed E-state index contributed by atoms with van der Waals surface area (Å²) in [5.74, 6) is 0.0816. The highest BCUT2D eigenvalue weighted by Gasteiger charge is 2.40. The average molecular weight is 292 g/mol. The smallest absolute Gasteiger partial charge is 0.337 e. The predicted octanol–water partition coefficient (Wildman–Crippen LogP) is 3.28. The second-order valence-electron chi connectivity index (χ2n) is 5.18. The normalized spacial score (nSPS) is 24.6. The minimum Gasteiger partial charge on any atom is -0.337 e. The van der Waals surface area contributed by atoms with Crippen LogP contribution in [-0.4, -0.2) is 28.9 Å². The van der Waals surface area contributed by atoms with Gasteiger partial charge in [-0.25, -0.2) is 4.98 Å². The molecule has 1 aliphatic heterocycles. The quantitative estimate of drug-likeness (QED) is 0.796. The number of piperidine rings is 1. The Balaban J connectivity index is 2.23. The maximum Gasteiger partial charge on any atom is 0.434 e. The van der Waals surface area contributed by atoms with Gasteiger partial charge in [-0.15, -0.1) is 11.3 Å². The number of likely N-dealkylation sites (tertiary alicyclic amines) is 1. The fraction of sp³-hybridized carbons (Fsp3) is 0.667. The van der Waals surface area contributed by atoms with E-state index < -0.39 is 17.8 Å². The third-order valence-electron chi connectivity index (χ3n) is 3.19. The van der Waals surface area contributed by atoms with Gasteiger partial charge < -0.3 is 4.90 Å². The van der Waals surface area contributed by atoms with Crippen LogP contribution in [0.4, 0.5) is 13.2 Å². The largest absolute Gasteiger partial charge is 0.434 e. The van der Waals surface area contributed by atoms with E-state index in [9.17, 15) is 18.0 Å². The van der Waals surface area contributed by atoms with Gasteiger partial charge in [0.1, 0.15) is 4.88 Å². The van der Waals surface area contributed by atoms with Gasteiger partial charge in [0.15, 0.2) is 5.69 Å². The van der Waals surface area contributed by atoms with Crippen molar-refractivity contribution in [2.75, 3.05) is 13.1 Å². The Labute approximate surface area is 113 Å². The molecule has 2 heterocycles. The molecule has 2 atom stereocenters. The Morgan fingerprint density at radius 1 is 1.37 bits per heavy atom. The van der Waals surface area contributed by atoms with Crippen LogP contribution in [-0.2, 0) is 6.18 Å². The fourth-order valence-electron chi connectivity index (χ4n) is 2.57. The highest BCUT2D eigenvalue weighted by molar-refractivity contribution is 7.11. The number of hydrogen-bond donors (Lipinski definition) is 0. The molecule has 7 heteroatoms. The topological polar surface area (TPSA) is 33.2 Å². The van der Waals surface area contributed by atoms with Gasteiger partial charge in [0.05, 0.1) is 5.51 Å². The number of rotatable bonds is 1. The molecule has 1 saturated heterocycles. The van der Waals surface area contributed by atoms with Crippen LogP contribution in [0.1, 0.15) is 35.6 Å². The Morgan fingerprint density at radius 3 is 2.47 bits per heavy atom. The zero-order valence-electron chi connectivity index (χ0n) is 10.7. The SMILES string of the molecule is CC1CC(C)CN(C(=O)c2scnc2C(F)(F)F)C1. The van der Waals surface area contributed by atoms with Crippen molar-refractivity contribution in [3.63, 3.8) is 0 Å². The van der Waals surface area contributed by atoms with Gasteiger partial charge in [-0.2, -0.15) is 13.2 Å². The zero-order chi connectivity index (χ0) is 14.2. The van der Waals surface area contributed by atoms with Gasteiger partial charge in [0.2, 0.25) is 0 Å². The lowest BCUT2D eigenvalue weighted by molar-refractivity contribution is -0.141. The number of carbonyl (C=O) groups is 1. The Morgan fingerprint density at radius 2 is 1.95 bits per heavy atom. The minimum absolute atomic E-state index is 0.297. The first-order chi connectivity index (χ1) is 8.79. The number of aromatic nitrogens is 1. The molecule has 0 aliphatic carbocycles. The molecule has 3 nitrogen and oxygen atoms in total. The molecule has 1 fully saturated rings. The van der Waals surface area contributed by atoms with E-state index in [-0.39, 0.29) is 4.88 Å². The van der Waals surface area contributed by atoms with Crippen LogP contribution in [0.15, 0.2) is 5.51 Å². The first-order valence-corrected chi connectivity index (χ1v) is 6.97. The molecule has 106 valence electrons. The number of halogens is 3. The van der Waals surface area contributed by atoms with Crippen molar-refractivity contribution in [1.82, 2.24) is 9.88 Å². The summed E-state index contributed by atoms with van der Waals surface area (Å²) in [6, 6.07) is 0. The molecule has 19 heavy (non-hydrogen) atoms. The third kappa shape index (κ3) is 3.08. The summed E-state index contributed by atoms with van der Waals surface area (Å²) in [6.45, 7) is 5.04. The predicted molar refractivity (Wildman–Crippen MR) is 66.0 cm³/mol. The molecule has 1 amide bonds. The molecule has 2 unspecified atom stereocenters. The number of amides is 1. The number of nitrogens with zero attached hydrogens (tertiary/aromatic N) is 2. The van der Waals surface area contributed by atoms with Crippen LogP contribution < -0.4 is 0 Å². The van der Waals surface area contributed by atoms with Crippen LogP contribution in [0.25, 0.3) is 0 Å². The monoisotopic (exact) mass is 292 g/mol. The van der Waals surface area contributed by atoms with E-state index in [0.717, 1.165) is 23.3 Å². The van der Waals surface area contributed by atoms with E-state index in [1.165, 1.54) is 4.90 Å². The summed E-state index contributed by atoms with van der Waals surface area (Å²) >= 11 is 0.758. The molecular weight excluding hydrogens is 277 g/mol. The van der Waals surface area contributed by atoms with Crippen molar-refractivity contribution in [2.45, 2.75) is 26.4 Å². The molecule has 2 rings (SSSR count). The summed E-state index contributed by atoms with van der Waals surface area (Å²) < 4.78 is 38.2. The van der Waals surface area contributed by atoms with Crippen LogP contribution in [0.3, 0.4) is 0 Å². The van der Waals surface area contributed by atoms with Crippen LogP contribution in [0, 0.1) is 11.8 Å². The Bertz CT molecular complexity index is 462. The van der Waals surface area contributed by atoms with Crippen molar-refractivity contribution >= 4 is 17.2 Å². The van der Waals surface area contributed by atoms with E-state index in [4.69, 9.17) is 0 Å². The lowest BCUT2D eigenvalue weighted by atomic mass is 9.92. The van der Waals surface area contributed by atoms with Crippen LogP contribution in [0.2, 0.25) is 0 Å². The summed E-state index contributed by atoms with van der Waals surface area (Å²) in [7, 11) is 0. The lowest BCUT2D eigenvalue weighted by Gasteiger charge is -2.34. The summed E-state index contributed by atoms with van der Waals surface area (Å²) in [5, 5.41) is 0. The van der Waals surface area contributed by atoms with E-state index >= 15 is 0 Å². The van der Waals surface area contributed by atoms with Crippen LogP contribution in [0.5, 0.6) is 0 Å². The van der Waals surface area contributed by atoms with E-state index in [2.05, 4.69) is 4.98 Å². The molecule has 1 aromatic heterocycles. The number of thiazole rings is 1. The molecule has 1 aliphatic rings. The second-order valence-corrected chi connectivity index (χ2v) is 6.04. The van der Waals surface area contributed by atoms with Gasteiger partial charge in [-0.05, 0) is 18.3 Å². The Hall–Kier alpha value is -1.11. The van der Waals surface area contributed by atoms with Crippen molar-refractivity contribution < 1.29 is 18.0 Å². The van der Waals surface area contributed by atoms with Crippen molar-refractivity contribution in [1.29, 1.82) is 0 Å². The average Bonchev–Trinajstić information content (AvgIpc) is 2.74. The van der Waals surface area contributed by atoms with Gasteiger partial charge in [0.25, 0.3) is 5.91 Å². The highest BCUT2D eigenvalue weighted by atomic mass is 32.1. The van der Waals surface area contributed by atoms with Crippen LogP contribution >= 0.6 is 11.3 Å². The second kappa shape index (κ2) is 5.11. The van der Waals surface area contributed by atoms with Crippen molar-refractivity contribution in [3.05, 3.63) is 16.1 Å². The van der Waals surface area contributed by atoms with Crippen molar-refractivity contribution in [3.8, 4) is 0 Å². The molecule has 0 saturated carbocycles. The standard InChI is InChI=1S/C12H15F3N2OS/c1-7-3-8(2)5-17(4-7)11(18)9-10(12(13,14)15)16-6-19-9/h6-8H,3-5H2,1-2H3. The van der Waals surface area contributed by atoms with E-state index in [1.807, 2.05) is 13.8 Å². The van der Waals surface area contributed by atoms with Gasteiger partial charge in [0, 0.05) is 13.1 Å². The van der Waals surface area contributed by atoms with Gasteiger partial charge >= 0.3 is 6.18 Å². The van der Waals surface area contributed by atoms with Crippen molar-refractivity contribution in [2.24, 2.45) is 11.8 Å². The third-order valence-corrected chi connectivity index (χ3v) is 4.00. The molecule has 0 bridgehead atoms. The molecule has 0 radical (unpaired) electrons. The number of alkyl halides is 3. The highest BCUT2D eigenvalue weighted by Crippen LogP contribution is 2.34.